The first kappa shape index (κ1) is 16.9. The minimum Gasteiger partial charge on any atom is -0.481 e. The number of piperidine rings is 1. The third kappa shape index (κ3) is 4.15. The summed E-state index contributed by atoms with van der Waals surface area (Å²) in [5.41, 5.74) is 4.20. The van der Waals surface area contributed by atoms with Crippen LogP contribution in [0.5, 0.6) is 0 Å². The minimum absolute atomic E-state index is 0.0937. The molecule has 0 spiro atoms. The summed E-state index contributed by atoms with van der Waals surface area (Å²) in [6.45, 7) is 3.32. The molecule has 0 radical (unpaired) electrons. The molecule has 0 saturated carbocycles. The molecule has 0 aromatic carbocycles. The van der Waals surface area contributed by atoms with Crippen LogP contribution in [0.4, 0.5) is 0 Å². The quantitative estimate of drug-likeness (QED) is 0.587. The normalized spacial score (nSPS) is 18.9. The van der Waals surface area contributed by atoms with E-state index in [-0.39, 0.29) is 32.5 Å². The van der Waals surface area contributed by atoms with Gasteiger partial charge in [0.25, 0.3) is 10.2 Å². The lowest BCUT2D eigenvalue weighted by Gasteiger charge is -2.30. The van der Waals surface area contributed by atoms with Gasteiger partial charge in [-0.25, -0.2) is 4.72 Å². The Hall–Kier alpha value is -1.19. The molecular formula is C11H21N3O5S. The fourth-order valence-corrected chi connectivity index (χ4v) is 3.21. The van der Waals surface area contributed by atoms with Crippen molar-refractivity contribution in [3.63, 3.8) is 0 Å². The Morgan fingerprint density at radius 1 is 1.35 bits per heavy atom. The third-order valence-corrected chi connectivity index (χ3v) is 5.06. The number of nitrogens with one attached hydrogen (secondary N) is 1. The van der Waals surface area contributed by atoms with Gasteiger partial charge >= 0.3 is 5.97 Å². The lowest BCUT2D eigenvalue weighted by Crippen LogP contribution is -2.49. The highest BCUT2D eigenvalue weighted by Gasteiger charge is 2.33. The van der Waals surface area contributed by atoms with Gasteiger partial charge in [0.2, 0.25) is 5.91 Å². The second-order valence-electron chi connectivity index (χ2n) is 5.59. The van der Waals surface area contributed by atoms with Crippen LogP contribution in [0.15, 0.2) is 0 Å². The molecular weight excluding hydrogens is 286 g/mol. The van der Waals surface area contributed by atoms with Crippen LogP contribution in [-0.4, -0.2) is 49.3 Å². The van der Waals surface area contributed by atoms with Gasteiger partial charge in [0, 0.05) is 19.6 Å². The predicted octanol–water partition coefficient (Wildman–Crippen LogP) is -0.871. The van der Waals surface area contributed by atoms with Gasteiger partial charge in [0.05, 0.1) is 11.3 Å². The van der Waals surface area contributed by atoms with Gasteiger partial charge in [-0.05, 0) is 26.7 Å². The van der Waals surface area contributed by atoms with Gasteiger partial charge in [-0.3, -0.25) is 9.59 Å². The molecule has 0 aliphatic carbocycles. The van der Waals surface area contributed by atoms with Crippen LogP contribution in [0.25, 0.3) is 0 Å². The number of carboxylic acids is 1. The van der Waals surface area contributed by atoms with Crippen molar-refractivity contribution in [1.82, 2.24) is 9.03 Å². The second kappa shape index (κ2) is 6.06. The SMILES string of the molecule is CC(C)(CNS(=O)(=O)N1CCC(C(=O)O)CC1)C(N)=O. The zero-order chi connectivity index (χ0) is 15.6. The Morgan fingerprint density at radius 2 is 1.85 bits per heavy atom. The van der Waals surface area contributed by atoms with E-state index in [4.69, 9.17) is 10.8 Å². The number of carbonyl (C=O) groups is 2. The molecule has 1 rings (SSSR count). The first-order valence-corrected chi connectivity index (χ1v) is 7.78. The Morgan fingerprint density at radius 3 is 2.25 bits per heavy atom. The molecule has 1 heterocycles. The Labute approximate surface area is 118 Å². The van der Waals surface area contributed by atoms with Gasteiger partial charge in [-0.2, -0.15) is 12.7 Å². The monoisotopic (exact) mass is 307 g/mol. The summed E-state index contributed by atoms with van der Waals surface area (Å²) < 4.78 is 27.6. The van der Waals surface area contributed by atoms with E-state index in [1.54, 1.807) is 13.8 Å². The van der Waals surface area contributed by atoms with Crippen molar-refractivity contribution < 1.29 is 23.1 Å². The summed E-state index contributed by atoms with van der Waals surface area (Å²) >= 11 is 0. The summed E-state index contributed by atoms with van der Waals surface area (Å²) in [5, 5.41) is 8.86. The average Bonchev–Trinajstić information content (AvgIpc) is 2.36. The molecule has 4 N–H and O–H groups in total. The van der Waals surface area contributed by atoms with Crippen molar-refractivity contribution in [3.8, 4) is 0 Å². The molecule has 1 saturated heterocycles. The molecule has 1 fully saturated rings. The predicted molar refractivity (Wildman–Crippen MR) is 71.8 cm³/mol. The fraction of sp³-hybridized carbons (Fsp3) is 0.818. The molecule has 0 aromatic rings. The molecule has 1 aliphatic rings. The first-order valence-electron chi connectivity index (χ1n) is 6.34. The second-order valence-corrected chi connectivity index (χ2v) is 7.34. The number of carbonyl (C=O) groups excluding carboxylic acids is 1. The minimum atomic E-state index is -3.72. The van der Waals surface area contributed by atoms with E-state index in [0.29, 0.717) is 0 Å². The molecule has 9 heteroatoms. The lowest BCUT2D eigenvalue weighted by molar-refractivity contribution is -0.143. The molecule has 0 bridgehead atoms. The first-order chi connectivity index (χ1) is 9.06. The van der Waals surface area contributed by atoms with Gasteiger partial charge in [-0.1, -0.05) is 0 Å². The molecule has 116 valence electrons. The summed E-state index contributed by atoms with van der Waals surface area (Å²) in [5.74, 6) is -1.99. The molecule has 0 unspecified atom stereocenters. The standard InChI is InChI=1S/C11H21N3O5S/c1-11(2,10(12)17)7-13-20(18,19)14-5-3-8(4-6-14)9(15)16/h8,13H,3-7H2,1-2H3,(H2,12,17)(H,15,16). The van der Waals surface area contributed by atoms with Crippen LogP contribution in [0, 0.1) is 11.3 Å². The van der Waals surface area contributed by atoms with Gasteiger partial charge in [-0.15, -0.1) is 0 Å². The van der Waals surface area contributed by atoms with E-state index in [1.165, 1.54) is 4.31 Å². The number of hydrogen-bond donors (Lipinski definition) is 3. The van der Waals surface area contributed by atoms with Crippen molar-refractivity contribution >= 4 is 22.1 Å². The van der Waals surface area contributed by atoms with Crippen molar-refractivity contribution in [2.24, 2.45) is 17.1 Å². The summed E-state index contributed by atoms with van der Waals surface area (Å²) in [4.78, 5) is 21.9. The highest BCUT2D eigenvalue weighted by molar-refractivity contribution is 7.87. The van der Waals surface area contributed by atoms with E-state index >= 15 is 0 Å². The number of primary amides is 1. The van der Waals surface area contributed by atoms with E-state index in [2.05, 4.69) is 4.72 Å². The van der Waals surface area contributed by atoms with Crippen LogP contribution < -0.4 is 10.5 Å². The maximum absolute atomic E-state index is 12.0. The van der Waals surface area contributed by atoms with Gasteiger partial charge < -0.3 is 10.8 Å². The number of nitrogens with two attached hydrogens (primary N) is 1. The fourth-order valence-electron chi connectivity index (χ4n) is 1.79. The molecule has 1 amide bonds. The molecule has 0 atom stereocenters. The van der Waals surface area contributed by atoms with E-state index < -0.39 is 33.4 Å². The van der Waals surface area contributed by atoms with Crippen LogP contribution in [0.3, 0.4) is 0 Å². The van der Waals surface area contributed by atoms with Crippen molar-refractivity contribution in [2.45, 2.75) is 26.7 Å². The lowest BCUT2D eigenvalue weighted by atomic mass is 9.93. The molecule has 1 aliphatic heterocycles. The van der Waals surface area contributed by atoms with Gasteiger partial charge in [0.1, 0.15) is 0 Å². The smallest absolute Gasteiger partial charge is 0.306 e. The molecule has 20 heavy (non-hydrogen) atoms. The van der Waals surface area contributed by atoms with E-state index in [9.17, 15) is 18.0 Å². The topological polar surface area (TPSA) is 130 Å². The van der Waals surface area contributed by atoms with E-state index in [0.717, 1.165) is 0 Å². The third-order valence-electron chi connectivity index (χ3n) is 3.51. The highest BCUT2D eigenvalue weighted by atomic mass is 32.2. The van der Waals surface area contributed by atoms with Crippen LogP contribution >= 0.6 is 0 Å². The van der Waals surface area contributed by atoms with Crippen molar-refractivity contribution in [1.29, 1.82) is 0 Å². The number of amides is 1. The van der Waals surface area contributed by atoms with Crippen LogP contribution in [0.1, 0.15) is 26.7 Å². The van der Waals surface area contributed by atoms with Crippen LogP contribution in [-0.2, 0) is 19.8 Å². The highest BCUT2D eigenvalue weighted by Crippen LogP contribution is 2.20. The summed E-state index contributed by atoms with van der Waals surface area (Å²) in [6.07, 6.45) is 0.574. The Kier molecular flexibility index (Phi) is 5.11. The maximum atomic E-state index is 12.0. The van der Waals surface area contributed by atoms with Crippen molar-refractivity contribution in [2.75, 3.05) is 19.6 Å². The number of nitrogens with zero attached hydrogens (tertiary/aromatic N) is 1. The zero-order valence-corrected chi connectivity index (χ0v) is 12.4. The zero-order valence-electron chi connectivity index (χ0n) is 11.6. The summed E-state index contributed by atoms with van der Waals surface area (Å²) in [6, 6.07) is 0. The number of aliphatic carboxylic acids is 1. The number of hydrogen-bond acceptors (Lipinski definition) is 4. The molecule has 0 aromatic heterocycles. The Bertz CT molecular complexity index is 480. The van der Waals surface area contributed by atoms with E-state index in [1.807, 2.05) is 0 Å². The Balaban J connectivity index is 2.59. The largest absolute Gasteiger partial charge is 0.481 e. The average molecular weight is 307 g/mol. The molecule has 8 nitrogen and oxygen atoms in total. The van der Waals surface area contributed by atoms with Crippen LogP contribution in [0.2, 0.25) is 0 Å². The number of carboxylic acid groups (broad SMARTS) is 1. The number of rotatable bonds is 6. The van der Waals surface area contributed by atoms with Gasteiger partial charge in [0.15, 0.2) is 0 Å². The summed E-state index contributed by atoms with van der Waals surface area (Å²) in [7, 11) is -3.72. The maximum Gasteiger partial charge on any atom is 0.306 e. The van der Waals surface area contributed by atoms with Crippen molar-refractivity contribution in [3.05, 3.63) is 0 Å².